The van der Waals surface area contributed by atoms with Crippen LogP contribution in [0.15, 0.2) is 65.1 Å². The monoisotopic (exact) mass is 747 g/mol. The average Bonchev–Trinajstić information content (AvgIpc) is 3.72. The minimum Gasteiger partial charge on any atom is -0.465 e. The number of hydrogen-bond acceptors (Lipinski definition) is 8. The Bertz CT molecular complexity index is 1710. The Morgan fingerprint density at radius 2 is 1.72 bits per heavy atom. The van der Waals surface area contributed by atoms with Crippen LogP contribution in [0.2, 0.25) is 0 Å². The maximum absolute atomic E-state index is 14.5. The van der Waals surface area contributed by atoms with Crippen LogP contribution in [-0.2, 0) is 35.5 Å². The van der Waals surface area contributed by atoms with Gasteiger partial charge in [0.2, 0.25) is 5.91 Å². The van der Waals surface area contributed by atoms with Crippen molar-refractivity contribution >= 4 is 23.9 Å². The number of aliphatic hydroxyl groups excluding tert-OH is 1. The molecule has 2 unspecified atom stereocenters. The normalized spacial score (nSPS) is 17.3. The number of nitrogens with one attached hydrogen (secondary N) is 4. The summed E-state index contributed by atoms with van der Waals surface area (Å²) >= 11 is 0. The number of aliphatic hydroxyl groups is 1. The number of urea groups is 1. The van der Waals surface area contributed by atoms with E-state index in [1.165, 1.54) is 5.01 Å². The van der Waals surface area contributed by atoms with Gasteiger partial charge in [-0.3, -0.25) is 20.0 Å². The minimum absolute atomic E-state index is 0.0615. The van der Waals surface area contributed by atoms with Crippen molar-refractivity contribution in [2.75, 3.05) is 13.1 Å². The van der Waals surface area contributed by atoms with Crippen LogP contribution in [0.3, 0.4) is 0 Å². The highest BCUT2D eigenvalue weighted by Crippen LogP contribution is 2.28. The number of carbonyl (C=O) groups excluding carboxylic acids is 3. The molecule has 6 atom stereocenters. The van der Waals surface area contributed by atoms with Crippen molar-refractivity contribution in [3.63, 3.8) is 0 Å². The summed E-state index contributed by atoms with van der Waals surface area (Å²) in [5.74, 6) is -0.384. The predicted molar refractivity (Wildman–Crippen MR) is 204 cm³/mol. The Labute approximate surface area is 318 Å². The van der Waals surface area contributed by atoms with Gasteiger partial charge in [-0.15, -0.1) is 0 Å². The van der Waals surface area contributed by atoms with E-state index in [0.29, 0.717) is 18.6 Å². The fourth-order valence-corrected chi connectivity index (χ4v) is 6.83. The van der Waals surface area contributed by atoms with Crippen molar-refractivity contribution in [2.24, 2.45) is 17.3 Å². The minimum atomic E-state index is -1.34. The molecule has 2 aromatic heterocycles. The summed E-state index contributed by atoms with van der Waals surface area (Å²) in [5, 5.41) is 31.4. The van der Waals surface area contributed by atoms with Gasteiger partial charge in [-0.2, -0.15) is 0 Å². The van der Waals surface area contributed by atoms with Crippen molar-refractivity contribution < 1.29 is 33.8 Å². The summed E-state index contributed by atoms with van der Waals surface area (Å²) < 4.78 is 5.94. The van der Waals surface area contributed by atoms with Gasteiger partial charge in [-0.05, 0) is 54.5 Å². The summed E-state index contributed by atoms with van der Waals surface area (Å²) in [7, 11) is 0. The fourth-order valence-electron chi connectivity index (χ4n) is 6.83. The molecule has 5 amide bonds. The molecule has 1 aromatic carbocycles. The molecule has 1 saturated heterocycles. The molecule has 1 aliphatic heterocycles. The second kappa shape index (κ2) is 18.9. The van der Waals surface area contributed by atoms with Crippen LogP contribution < -0.4 is 21.4 Å². The second-order valence-corrected chi connectivity index (χ2v) is 15.3. The number of aromatic nitrogens is 1. The first kappa shape index (κ1) is 41.8. The number of rotatable bonds is 18. The maximum atomic E-state index is 14.5. The topological polar surface area (TPSA) is 189 Å². The summed E-state index contributed by atoms with van der Waals surface area (Å²) in [6, 6.07) is 16.1. The lowest BCUT2D eigenvalue weighted by Crippen LogP contribution is -2.59. The average molecular weight is 748 g/mol. The lowest BCUT2D eigenvalue weighted by atomic mass is 9.83. The van der Waals surface area contributed by atoms with Crippen LogP contribution in [0.4, 0.5) is 9.59 Å². The van der Waals surface area contributed by atoms with Gasteiger partial charge in [-0.25, -0.2) is 14.6 Å². The smallest absolute Gasteiger partial charge is 0.405 e. The lowest BCUT2D eigenvalue weighted by molar-refractivity contribution is -0.133. The molecule has 14 heteroatoms. The molecule has 6 N–H and O–H groups in total. The molecule has 0 saturated carbocycles. The van der Waals surface area contributed by atoms with Gasteiger partial charge < -0.3 is 35.5 Å². The number of furan rings is 1. The molecular formula is C40H57N7O7. The van der Waals surface area contributed by atoms with Crippen LogP contribution in [0.5, 0.6) is 0 Å². The van der Waals surface area contributed by atoms with Gasteiger partial charge in [0.05, 0.1) is 42.9 Å². The third kappa shape index (κ3) is 11.5. The molecule has 54 heavy (non-hydrogen) atoms. The SMILES string of the molecule is CCc1ccc(CN(C[C@H](O)[C@H](Cc2ccccc2)NC(=O)[C@H](C2CNC(=O)N2Cc2cccc(C)n2)[C@@H](C)CC)NC(=O)C(NC(=O)O)C(C)(C)C)o1. The van der Waals surface area contributed by atoms with E-state index < -0.39 is 47.6 Å². The molecule has 0 spiro atoms. The van der Waals surface area contributed by atoms with E-state index in [1.807, 2.05) is 82.3 Å². The van der Waals surface area contributed by atoms with E-state index in [-0.39, 0.29) is 50.5 Å². The Morgan fingerprint density at radius 1 is 1.02 bits per heavy atom. The number of amides is 5. The molecule has 0 radical (unpaired) electrons. The van der Waals surface area contributed by atoms with E-state index in [2.05, 4.69) is 26.4 Å². The van der Waals surface area contributed by atoms with Crippen LogP contribution in [0, 0.1) is 24.2 Å². The molecule has 294 valence electrons. The largest absolute Gasteiger partial charge is 0.465 e. The first-order valence-corrected chi connectivity index (χ1v) is 18.7. The van der Waals surface area contributed by atoms with Gasteiger partial charge >= 0.3 is 12.1 Å². The number of hydrazine groups is 1. The van der Waals surface area contributed by atoms with Gasteiger partial charge in [0.1, 0.15) is 17.6 Å². The Balaban J connectivity index is 1.63. The highest BCUT2D eigenvalue weighted by Gasteiger charge is 2.43. The molecule has 1 aliphatic rings. The van der Waals surface area contributed by atoms with Crippen molar-refractivity contribution in [1.82, 2.24) is 36.3 Å². The van der Waals surface area contributed by atoms with Crippen molar-refractivity contribution in [1.29, 1.82) is 0 Å². The van der Waals surface area contributed by atoms with Crippen LogP contribution in [-0.4, -0.2) is 86.4 Å². The zero-order valence-electron chi connectivity index (χ0n) is 32.5. The number of carboxylic acid groups (broad SMARTS) is 1. The molecule has 0 bridgehead atoms. The van der Waals surface area contributed by atoms with Crippen LogP contribution >= 0.6 is 0 Å². The summed E-state index contributed by atoms with van der Waals surface area (Å²) in [6.45, 7) is 13.5. The highest BCUT2D eigenvalue weighted by atomic mass is 16.4. The standard InChI is InChI=1S/C40H57N7O7/c1-8-25(3)34(32-21-41-38(51)47(32)22-28-17-13-14-26(4)42-28)36(49)43-31(20-27-15-11-10-12-16-27)33(48)24-46(23-30-19-18-29(9-2)54-30)45-37(50)35(40(5,6)7)44-39(52)53/h10-19,25,31-35,44,48H,8-9,20-24H2,1-7H3,(H,41,51)(H,43,49)(H,45,50)(H,52,53)/t25-,31-,32?,33-,34-,35?/m0/s1. The first-order chi connectivity index (χ1) is 25.6. The molecule has 3 heterocycles. The quantitative estimate of drug-likeness (QED) is 0.103. The molecule has 4 rings (SSSR count). The Morgan fingerprint density at radius 3 is 2.33 bits per heavy atom. The van der Waals surface area contributed by atoms with E-state index in [0.717, 1.165) is 22.7 Å². The third-order valence-corrected chi connectivity index (χ3v) is 9.95. The fraction of sp³-hybridized carbons (Fsp3) is 0.525. The highest BCUT2D eigenvalue weighted by molar-refractivity contribution is 5.86. The molecule has 1 fully saturated rings. The maximum Gasteiger partial charge on any atom is 0.405 e. The van der Waals surface area contributed by atoms with Crippen molar-refractivity contribution in [3.8, 4) is 0 Å². The number of benzene rings is 1. The van der Waals surface area contributed by atoms with E-state index >= 15 is 0 Å². The number of aryl methyl sites for hydroxylation is 2. The number of nitrogens with zero attached hydrogens (tertiary/aromatic N) is 3. The third-order valence-electron chi connectivity index (χ3n) is 9.95. The summed E-state index contributed by atoms with van der Waals surface area (Å²) in [4.78, 5) is 59.2. The molecular weight excluding hydrogens is 690 g/mol. The number of pyridine rings is 1. The number of carbonyl (C=O) groups is 4. The van der Waals surface area contributed by atoms with Gasteiger partial charge in [0, 0.05) is 25.2 Å². The lowest BCUT2D eigenvalue weighted by Gasteiger charge is -2.36. The second-order valence-electron chi connectivity index (χ2n) is 15.3. The number of hydrogen-bond donors (Lipinski definition) is 6. The summed E-state index contributed by atoms with van der Waals surface area (Å²) in [5.41, 5.74) is 4.46. The Hall–Kier alpha value is -4.95. The van der Waals surface area contributed by atoms with Gasteiger partial charge in [0.25, 0.3) is 5.91 Å². The van der Waals surface area contributed by atoms with Gasteiger partial charge in [-0.1, -0.05) is 84.4 Å². The van der Waals surface area contributed by atoms with Crippen molar-refractivity contribution in [2.45, 2.75) is 105 Å². The van der Waals surface area contributed by atoms with E-state index in [1.54, 1.807) is 31.7 Å². The molecule has 3 aromatic rings. The molecule has 0 aliphatic carbocycles. The predicted octanol–water partition coefficient (Wildman–Crippen LogP) is 4.41. The molecule has 14 nitrogen and oxygen atoms in total. The van der Waals surface area contributed by atoms with Crippen molar-refractivity contribution in [3.05, 3.63) is 89.1 Å². The zero-order chi connectivity index (χ0) is 39.6. The Kier molecular flexibility index (Phi) is 14.6. The first-order valence-electron chi connectivity index (χ1n) is 18.7. The van der Waals surface area contributed by atoms with Gasteiger partial charge in [0.15, 0.2) is 0 Å². The van der Waals surface area contributed by atoms with E-state index in [4.69, 9.17) is 4.42 Å². The van der Waals surface area contributed by atoms with Crippen LogP contribution in [0.25, 0.3) is 0 Å². The van der Waals surface area contributed by atoms with E-state index in [9.17, 15) is 29.4 Å². The zero-order valence-corrected chi connectivity index (χ0v) is 32.5. The van der Waals surface area contributed by atoms with Crippen LogP contribution in [0.1, 0.15) is 76.4 Å². The summed E-state index contributed by atoms with van der Waals surface area (Å²) in [6.07, 6.45) is -0.956.